The molecule has 0 aliphatic carbocycles. The number of H-pyrrole nitrogens is 1. The van der Waals surface area contributed by atoms with Crippen molar-refractivity contribution in [3.8, 4) is 0 Å². The first-order chi connectivity index (χ1) is 8.75. The van der Waals surface area contributed by atoms with E-state index < -0.39 is 0 Å². The van der Waals surface area contributed by atoms with Gasteiger partial charge in [0.25, 0.3) is 5.91 Å². The van der Waals surface area contributed by atoms with Crippen LogP contribution >= 0.6 is 0 Å². The first-order valence-electron chi connectivity index (χ1n) is 5.94. The summed E-state index contributed by atoms with van der Waals surface area (Å²) in [6, 6.07) is 8.15. The third kappa shape index (κ3) is 1.05. The largest absolute Gasteiger partial charge is 0.353 e. The van der Waals surface area contributed by atoms with E-state index in [0.717, 1.165) is 33.1 Å². The van der Waals surface area contributed by atoms with Crippen LogP contribution in [0.4, 0.5) is 0 Å². The maximum absolute atomic E-state index is 11.7. The van der Waals surface area contributed by atoms with Crippen molar-refractivity contribution >= 4 is 27.7 Å². The fourth-order valence-electron chi connectivity index (χ4n) is 2.75. The average molecular weight is 237 g/mol. The molecule has 0 unspecified atom stereocenters. The smallest absolute Gasteiger partial charge is 0.270 e. The number of aromatic nitrogens is 2. The highest BCUT2D eigenvalue weighted by molar-refractivity contribution is 6.13. The maximum Gasteiger partial charge on any atom is 0.270 e. The number of carbonyl (C=O) groups is 1. The van der Waals surface area contributed by atoms with Gasteiger partial charge in [0.2, 0.25) is 0 Å². The van der Waals surface area contributed by atoms with E-state index >= 15 is 0 Å². The van der Waals surface area contributed by atoms with Crippen molar-refractivity contribution < 1.29 is 4.79 Å². The topological polar surface area (TPSA) is 57.8 Å². The quantitative estimate of drug-likeness (QED) is 0.630. The number of rotatable bonds is 0. The van der Waals surface area contributed by atoms with E-state index in [1.807, 2.05) is 25.1 Å². The van der Waals surface area contributed by atoms with Gasteiger partial charge in [-0.25, -0.2) is 4.98 Å². The Kier molecular flexibility index (Phi) is 1.66. The van der Waals surface area contributed by atoms with Crippen LogP contribution < -0.4 is 5.32 Å². The van der Waals surface area contributed by atoms with Crippen LogP contribution in [0.3, 0.4) is 0 Å². The molecule has 1 aromatic carbocycles. The predicted molar refractivity (Wildman–Crippen MR) is 69.5 cm³/mol. The van der Waals surface area contributed by atoms with Crippen LogP contribution in [-0.4, -0.2) is 15.9 Å². The normalized spacial score (nSPS) is 14.2. The molecule has 2 N–H and O–H groups in total. The minimum absolute atomic E-state index is 0.0692. The number of pyridine rings is 1. The van der Waals surface area contributed by atoms with E-state index in [-0.39, 0.29) is 5.91 Å². The van der Waals surface area contributed by atoms with Gasteiger partial charge in [-0.3, -0.25) is 4.79 Å². The number of amides is 1. The van der Waals surface area contributed by atoms with Gasteiger partial charge in [-0.1, -0.05) is 18.2 Å². The van der Waals surface area contributed by atoms with E-state index in [1.165, 1.54) is 0 Å². The van der Waals surface area contributed by atoms with Gasteiger partial charge in [0, 0.05) is 28.4 Å². The number of hydrogen-bond acceptors (Lipinski definition) is 2. The standard InChI is InChI=1S/C14H11N3O/c1-7-12-11(8-4-2-3-5-10(8)17-12)9-6-15-14(18)13(9)16-7/h2-5,17H,6H2,1H3,(H,15,18). The first-order valence-corrected chi connectivity index (χ1v) is 5.94. The summed E-state index contributed by atoms with van der Waals surface area (Å²) in [4.78, 5) is 19.5. The molecule has 0 fully saturated rings. The summed E-state index contributed by atoms with van der Waals surface area (Å²) in [6.45, 7) is 2.50. The van der Waals surface area contributed by atoms with Crippen LogP contribution in [0.15, 0.2) is 24.3 Å². The van der Waals surface area contributed by atoms with Crippen LogP contribution in [0.2, 0.25) is 0 Å². The highest BCUT2D eigenvalue weighted by Gasteiger charge is 2.25. The summed E-state index contributed by atoms with van der Waals surface area (Å²) in [5, 5.41) is 5.13. The molecule has 3 heterocycles. The lowest BCUT2D eigenvalue weighted by molar-refractivity contribution is 0.0961. The Morgan fingerprint density at radius 2 is 2.11 bits per heavy atom. The van der Waals surface area contributed by atoms with Crippen molar-refractivity contribution in [2.45, 2.75) is 13.5 Å². The molecule has 0 spiro atoms. The Morgan fingerprint density at radius 3 is 3.00 bits per heavy atom. The van der Waals surface area contributed by atoms with Gasteiger partial charge in [-0.15, -0.1) is 0 Å². The molecule has 4 nitrogen and oxygen atoms in total. The minimum Gasteiger partial charge on any atom is -0.353 e. The molecule has 0 radical (unpaired) electrons. The van der Waals surface area contributed by atoms with Crippen LogP contribution in [0.1, 0.15) is 21.7 Å². The lowest BCUT2D eigenvalue weighted by atomic mass is 10.1. The Labute approximate surface area is 103 Å². The molecule has 0 saturated heterocycles. The van der Waals surface area contributed by atoms with Crippen molar-refractivity contribution in [2.24, 2.45) is 0 Å². The second kappa shape index (κ2) is 3.10. The molecule has 1 aliphatic heterocycles. The predicted octanol–water partition coefficient (Wildman–Crippen LogP) is 2.27. The van der Waals surface area contributed by atoms with E-state index in [2.05, 4.69) is 21.4 Å². The Balaban J connectivity index is 2.29. The van der Waals surface area contributed by atoms with E-state index in [9.17, 15) is 4.79 Å². The molecule has 4 rings (SSSR count). The number of benzene rings is 1. The Morgan fingerprint density at radius 1 is 1.28 bits per heavy atom. The fraction of sp³-hybridized carbons (Fsp3) is 0.143. The van der Waals surface area contributed by atoms with Gasteiger partial charge >= 0.3 is 0 Å². The number of fused-ring (bicyclic) bond motifs is 5. The number of aryl methyl sites for hydroxylation is 1. The maximum atomic E-state index is 11.7. The lowest BCUT2D eigenvalue weighted by Gasteiger charge is -2.01. The fourth-order valence-corrected chi connectivity index (χ4v) is 2.75. The molecular weight excluding hydrogens is 226 g/mol. The summed E-state index contributed by atoms with van der Waals surface area (Å²) in [7, 11) is 0. The van der Waals surface area contributed by atoms with Crippen molar-refractivity contribution in [1.29, 1.82) is 0 Å². The molecule has 3 aromatic rings. The molecule has 1 amide bonds. The second-order valence-corrected chi connectivity index (χ2v) is 4.63. The first kappa shape index (κ1) is 9.65. The number of nitrogens with zero attached hydrogens (tertiary/aromatic N) is 1. The van der Waals surface area contributed by atoms with Crippen LogP contribution in [0, 0.1) is 6.92 Å². The van der Waals surface area contributed by atoms with Gasteiger partial charge in [-0.05, 0) is 13.0 Å². The molecule has 0 saturated carbocycles. The van der Waals surface area contributed by atoms with E-state index in [1.54, 1.807) is 0 Å². The van der Waals surface area contributed by atoms with Crippen molar-refractivity contribution in [1.82, 2.24) is 15.3 Å². The summed E-state index contributed by atoms with van der Waals surface area (Å²) in [5.74, 6) is -0.0692. The van der Waals surface area contributed by atoms with Crippen molar-refractivity contribution in [3.63, 3.8) is 0 Å². The Hall–Kier alpha value is -2.36. The number of hydrogen-bond donors (Lipinski definition) is 2. The number of nitrogens with one attached hydrogen (secondary N) is 2. The van der Waals surface area contributed by atoms with Crippen molar-refractivity contribution in [3.05, 3.63) is 41.2 Å². The van der Waals surface area contributed by atoms with E-state index in [0.29, 0.717) is 12.2 Å². The summed E-state index contributed by atoms with van der Waals surface area (Å²) < 4.78 is 0. The zero-order chi connectivity index (χ0) is 12.3. The molecule has 88 valence electrons. The van der Waals surface area contributed by atoms with Gasteiger partial charge in [-0.2, -0.15) is 0 Å². The minimum atomic E-state index is -0.0692. The van der Waals surface area contributed by atoms with Crippen LogP contribution in [0.25, 0.3) is 21.8 Å². The van der Waals surface area contributed by atoms with Gasteiger partial charge in [0.05, 0.1) is 11.2 Å². The molecule has 1 aliphatic rings. The van der Waals surface area contributed by atoms with Gasteiger partial charge in [0.15, 0.2) is 0 Å². The second-order valence-electron chi connectivity index (χ2n) is 4.63. The van der Waals surface area contributed by atoms with Crippen molar-refractivity contribution in [2.75, 3.05) is 0 Å². The molecule has 0 bridgehead atoms. The summed E-state index contributed by atoms with van der Waals surface area (Å²) in [5.41, 5.74) is 4.58. The third-order valence-corrected chi connectivity index (χ3v) is 3.58. The monoisotopic (exact) mass is 237 g/mol. The molecule has 0 atom stereocenters. The summed E-state index contributed by atoms with van der Waals surface area (Å²) >= 11 is 0. The third-order valence-electron chi connectivity index (χ3n) is 3.58. The zero-order valence-corrected chi connectivity index (χ0v) is 9.87. The zero-order valence-electron chi connectivity index (χ0n) is 9.87. The Bertz CT molecular complexity index is 817. The van der Waals surface area contributed by atoms with Gasteiger partial charge in [0.1, 0.15) is 5.69 Å². The molecule has 18 heavy (non-hydrogen) atoms. The summed E-state index contributed by atoms with van der Waals surface area (Å²) in [6.07, 6.45) is 0. The molecule has 4 heteroatoms. The van der Waals surface area contributed by atoms with Crippen LogP contribution in [-0.2, 0) is 6.54 Å². The lowest BCUT2D eigenvalue weighted by Crippen LogP contribution is -2.13. The van der Waals surface area contributed by atoms with Gasteiger partial charge < -0.3 is 10.3 Å². The molecule has 2 aromatic heterocycles. The van der Waals surface area contributed by atoms with Crippen LogP contribution in [0.5, 0.6) is 0 Å². The SMILES string of the molecule is Cc1nc2c(c3c1[nH]c1ccccc13)CNC2=O. The number of aromatic amines is 1. The highest BCUT2D eigenvalue weighted by Crippen LogP contribution is 2.32. The number of para-hydroxylation sites is 1. The number of carbonyl (C=O) groups excluding carboxylic acids is 1. The van der Waals surface area contributed by atoms with E-state index in [4.69, 9.17) is 0 Å². The molecular formula is C14H11N3O. The highest BCUT2D eigenvalue weighted by atomic mass is 16.2. The average Bonchev–Trinajstić information content (AvgIpc) is 2.92.